The zero-order chi connectivity index (χ0) is 9.97. The number of hydrogen-bond acceptors (Lipinski definition) is 1. The standard InChI is InChI=1S/C11H11FN2/c1-2-14-8-7-13-11(14)9-5-3-4-6-10(9)12/h3-8H,2H2,1H3. The summed E-state index contributed by atoms with van der Waals surface area (Å²) in [4.78, 5) is 4.14. The number of aryl methyl sites for hydroxylation is 1. The van der Waals surface area contributed by atoms with E-state index in [0.29, 0.717) is 11.4 Å². The Labute approximate surface area is 82.0 Å². The summed E-state index contributed by atoms with van der Waals surface area (Å²) < 4.78 is 15.3. The molecule has 0 unspecified atom stereocenters. The molecule has 2 nitrogen and oxygen atoms in total. The fourth-order valence-electron chi connectivity index (χ4n) is 1.45. The highest BCUT2D eigenvalue weighted by Crippen LogP contribution is 2.20. The van der Waals surface area contributed by atoms with Crippen LogP contribution in [0.1, 0.15) is 6.92 Å². The van der Waals surface area contributed by atoms with Gasteiger partial charge in [-0.05, 0) is 19.1 Å². The molecule has 1 aromatic heterocycles. The second-order valence-corrected chi connectivity index (χ2v) is 3.02. The topological polar surface area (TPSA) is 17.8 Å². The van der Waals surface area contributed by atoms with Crippen LogP contribution >= 0.6 is 0 Å². The fourth-order valence-corrected chi connectivity index (χ4v) is 1.45. The maximum atomic E-state index is 13.4. The van der Waals surface area contributed by atoms with E-state index < -0.39 is 0 Å². The van der Waals surface area contributed by atoms with E-state index in [0.717, 1.165) is 6.54 Å². The highest BCUT2D eigenvalue weighted by Gasteiger charge is 2.08. The summed E-state index contributed by atoms with van der Waals surface area (Å²) in [5.41, 5.74) is 0.555. The van der Waals surface area contributed by atoms with Crippen molar-refractivity contribution in [1.29, 1.82) is 0 Å². The van der Waals surface area contributed by atoms with E-state index in [1.165, 1.54) is 6.07 Å². The molecule has 0 fully saturated rings. The van der Waals surface area contributed by atoms with Crippen LogP contribution in [0, 0.1) is 5.82 Å². The van der Waals surface area contributed by atoms with Crippen LogP contribution in [0.5, 0.6) is 0 Å². The molecular weight excluding hydrogens is 179 g/mol. The van der Waals surface area contributed by atoms with E-state index in [1.807, 2.05) is 23.8 Å². The van der Waals surface area contributed by atoms with E-state index >= 15 is 0 Å². The predicted molar refractivity (Wildman–Crippen MR) is 53.3 cm³/mol. The minimum atomic E-state index is -0.228. The van der Waals surface area contributed by atoms with Crippen molar-refractivity contribution < 1.29 is 4.39 Å². The molecule has 0 radical (unpaired) electrons. The molecule has 1 heterocycles. The van der Waals surface area contributed by atoms with Crippen LogP contribution in [0.4, 0.5) is 4.39 Å². The number of hydrogen-bond donors (Lipinski definition) is 0. The number of rotatable bonds is 2. The molecule has 0 N–H and O–H groups in total. The average molecular weight is 190 g/mol. The second kappa shape index (κ2) is 3.62. The van der Waals surface area contributed by atoms with Crippen molar-refractivity contribution in [2.45, 2.75) is 13.5 Å². The minimum Gasteiger partial charge on any atom is -0.331 e. The molecule has 1 aromatic carbocycles. The molecule has 14 heavy (non-hydrogen) atoms. The van der Waals surface area contributed by atoms with Crippen molar-refractivity contribution in [2.75, 3.05) is 0 Å². The summed E-state index contributed by atoms with van der Waals surface area (Å²) in [7, 11) is 0. The summed E-state index contributed by atoms with van der Waals surface area (Å²) in [5.74, 6) is 0.457. The maximum Gasteiger partial charge on any atom is 0.142 e. The molecule has 2 rings (SSSR count). The first-order valence-electron chi connectivity index (χ1n) is 4.59. The first kappa shape index (κ1) is 8.94. The highest BCUT2D eigenvalue weighted by molar-refractivity contribution is 5.56. The number of halogens is 1. The van der Waals surface area contributed by atoms with Gasteiger partial charge in [0.05, 0.1) is 5.56 Å². The average Bonchev–Trinajstić information content (AvgIpc) is 2.66. The third-order valence-corrected chi connectivity index (χ3v) is 2.17. The maximum absolute atomic E-state index is 13.4. The summed E-state index contributed by atoms with van der Waals surface area (Å²) in [6.45, 7) is 2.80. The summed E-state index contributed by atoms with van der Waals surface area (Å²) >= 11 is 0. The van der Waals surface area contributed by atoms with Crippen LogP contribution in [-0.4, -0.2) is 9.55 Å². The molecule has 0 atom stereocenters. The molecule has 0 amide bonds. The fraction of sp³-hybridized carbons (Fsp3) is 0.182. The van der Waals surface area contributed by atoms with Crippen molar-refractivity contribution >= 4 is 0 Å². The third kappa shape index (κ3) is 1.41. The largest absolute Gasteiger partial charge is 0.331 e. The zero-order valence-corrected chi connectivity index (χ0v) is 7.94. The van der Waals surface area contributed by atoms with Crippen LogP contribution in [-0.2, 0) is 6.54 Å². The van der Waals surface area contributed by atoms with Gasteiger partial charge in [0.1, 0.15) is 11.6 Å². The third-order valence-electron chi connectivity index (χ3n) is 2.17. The smallest absolute Gasteiger partial charge is 0.142 e. The number of imidazole rings is 1. The number of nitrogens with zero attached hydrogens (tertiary/aromatic N) is 2. The van der Waals surface area contributed by atoms with Crippen LogP contribution in [0.2, 0.25) is 0 Å². The number of aromatic nitrogens is 2. The van der Waals surface area contributed by atoms with Gasteiger partial charge in [0.2, 0.25) is 0 Å². The predicted octanol–water partition coefficient (Wildman–Crippen LogP) is 2.71. The molecule has 0 saturated heterocycles. The van der Waals surface area contributed by atoms with Gasteiger partial charge in [-0.3, -0.25) is 0 Å². The number of benzene rings is 1. The van der Waals surface area contributed by atoms with Gasteiger partial charge in [0.25, 0.3) is 0 Å². The Balaban J connectivity index is 2.54. The molecule has 72 valence electrons. The highest BCUT2D eigenvalue weighted by atomic mass is 19.1. The molecule has 2 aromatic rings. The Morgan fingerprint density at radius 3 is 2.86 bits per heavy atom. The van der Waals surface area contributed by atoms with Gasteiger partial charge in [0, 0.05) is 18.9 Å². The van der Waals surface area contributed by atoms with Crippen LogP contribution in [0.25, 0.3) is 11.4 Å². The molecule has 0 aliphatic rings. The first-order chi connectivity index (χ1) is 6.83. The van der Waals surface area contributed by atoms with E-state index in [1.54, 1.807) is 18.3 Å². The Morgan fingerprint density at radius 1 is 1.36 bits per heavy atom. The van der Waals surface area contributed by atoms with Crippen molar-refractivity contribution in [3.05, 3.63) is 42.5 Å². The minimum absolute atomic E-state index is 0.228. The van der Waals surface area contributed by atoms with Gasteiger partial charge >= 0.3 is 0 Å². The Hall–Kier alpha value is -1.64. The molecule has 0 bridgehead atoms. The van der Waals surface area contributed by atoms with E-state index in [9.17, 15) is 4.39 Å². The lowest BCUT2D eigenvalue weighted by Crippen LogP contribution is -1.97. The molecule has 0 saturated carbocycles. The summed E-state index contributed by atoms with van der Waals surface area (Å²) in [6, 6.07) is 6.68. The summed E-state index contributed by atoms with van der Waals surface area (Å²) in [5, 5.41) is 0. The normalized spacial score (nSPS) is 10.4. The van der Waals surface area contributed by atoms with Gasteiger partial charge in [-0.2, -0.15) is 0 Å². The Kier molecular flexibility index (Phi) is 2.31. The lowest BCUT2D eigenvalue weighted by atomic mass is 10.2. The van der Waals surface area contributed by atoms with Gasteiger partial charge in [-0.15, -0.1) is 0 Å². The van der Waals surface area contributed by atoms with Gasteiger partial charge in [-0.25, -0.2) is 9.37 Å². The lowest BCUT2D eigenvalue weighted by molar-refractivity contribution is 0.627. The first-order valence-corrected chi connectivity index (χ1v) is 4.59. The molecular formula is C11H11FN2. The van der Waals surface area contributed by atoms with Crippen molar-refractivity contribution in [2.24, 2.45) is 0 Å². The van der Waals surface area contributed by atoms with Gasteiger partial charge < -0.3 is 4.57 Å². The SMILES string of the molecule is CCn1ccnc1-c1ccccc1F. The van der Waals surface area contributed by atoms with Crippen molar-refractivity contribution in [3.8, 4) is 11.4 Å². The van der Waals surface area contributed by atoms with Crippen LogP contribution in [0.15, 0.2) is 36.7 Å². The Morgan fingerprint density at radius 2 is 2.14 bits per heavy atom. The van der Waals surface area contributed by atoms with Crippen LogP contribution in [0.3, 0.4) is 0 Å². The lowest BCUT2D eigenvalue weighted by Gasteiger charge is -2.04. The van der Waals surface area contributed by atoms with Gasteiger partial charge in [-0.1, -0.05) is 12.1 Å². The summed E-state index contributed by atoms with van der Waals surface area (Å²) in [6.07, 6.45) is 3.53. The molecule has 3 heteroatoms. The second-order valence-electron chi connectivity index (χ2n) is 3.02. The van der Waals surface area contributed by atoms with E-state index in [-0.39, 0.29) is 5.82 Å². The molecule has 0 aliphatic carbocycles. The van der Waals surface area contributed by atoms with Gasteiger partial charge in [0.15, 0.2) is 0 Å². The molecule has 0 spiro atoms. The van der Waals surface area contributed by atoms with Crippen molar-refractivity contribution in [1.82, 2.24) is 9.55 Å². The van der Waals surface area contributed by atoms with Crippen molar-refractivity contribution in [3.63, 3.8) is 0 Å². The van der Waals surface area contributed by atoms with Crippen LogP contribution < -0.4 is 0 Å². The van der Waals surface area contributed by atoms with E-state index in [2.05, 4.69) is 4.98 Å². The van der Waals surface area contributed by atoms with E-state index in [4.69, 9.17) is 0 Å². The molecule has 0 aliphatic heterocycles. The Bertz CT molecular complexity index is 434. The monoisotopic (exact) mass is 190 g/mol. The quantitative estimate of drug-likeness (QED) is 0.712. The zero-order valence-electron chi connectivity index (χ0n) is 7.94.